The number of hydrogen-bond donors (Lipinski definition) is 1. The summed E-state index contributed by atoms with van der Waals surface area (Å²) >= 11 is 6.76. The minimum atomic E-state index is -0.268. The third-order valence-electron chi connectivity index (χ3n) is 6.32. The van der Waals surface area contributed by atoms with E-state index in [-0.39, 0.29) is 25.2 Å². The third-order valence-corrected chi connectivity index (χ3v) is 7.70. The van der Waals surface area contributed by atoms with Gasteiger partial charge >= 0.3 is 0 Å². The molecule has 0 spiro atoms. The van der Waals surface area contributed by atoms with Gasteiger partial charge in [-0.25, -0.2) is 0 Å². The van der Waals surface area contributed by atoms with Crippen LogP contribution in [0.15, 0.2) is 59.5 Å². The van der Waals surface area contributed by atoms with E-state index in [1.165, 1.54) is 11.8 Å². The minimum Gasteiger partial charge on any atom is -0.490 e. The lowest BCUT2D eigenvalue weighted by molar-refractivity contribution is -0.122. The number of benzene rings is 3. The van der Waals surface area contributed by atoms with Crippen molar-refractivity contribution in [2.24, 2.45) is 0 Å². The van der Waals surface area contributed by atoms with E-state index < -0.39 is 0 Å². The molecule has 0 aliphatic carbocycles. The number of hydrogen-bond acceptors (Lipinski definition) is 8. The van der Waals surface area contributed by atoms with Crippen LogP contribution in [-0.4, -0.2) is 41.0 Å². The Balaban J connectivity index is 1.26. The fraction of sp³-hybridized carbons (Fsp3) is 0.233. The number of para-hydroxylation sites is 1. The zero-order valence-electron chi connectivity index (χ0n) is 22.3. The van der Waals surface area contributed by atoms with Gasteiger partial charge in [-0.1, -0.05) is 54.3 Å². The first-order chi connectivity index (χ1) is 19.3. The van der Waals surface area contributed by atoms with Crippen LogP contribution in [0.2, 0.25) is 0 Å². The fourth-order valence-electron chi connectivity index (χ4n) is 4.34. The molecular weight excluding hydrogens is 548 g/mol. The van der Waals surface area contributed by atoms with Gasteiger partial charge in [-0.05, 0) is 73.4 Å². The normalized spacial score (nSPS) is 15.1. The number of ether oxygens (including phenoxy) is 4. The number of anilines is 1. The van der Waals surface area contributed by atoms with Gasteiger partial charge in [0, 0.05) is 5.69 Å². The number of fused-ring (bicyclic) bond motifs is 1. The van der Waals surface area contributed by atoms with E-state index in [1.54, 1.807) is 23.1 Å². The molecule has 10 heteroatoms. The molecule has 0 bridgehead atoms. The SMILES string of the molecule is CCOc1cc(/C=C2\SC(=S)N(Cc3ccc4c(c3)OCO4)C2=O)ccc1OCC(=O)Nc1c(C)cccc1C. The molecule has 206 valence electrons. The van der Waals surface area contributed by atoms with Gasteiger partial charge in [0.15, 0.2) is 29.6 Å². The monoisotopic (exact) mass is 576 g/mol. The summed E-state index contributed by atoms with van der Waals surface area (Å²) in [6.07, 6.45) is 1.78. The van der Waals surface area contributed by atoms with Crippen LogP contribution in [0.25, 0.3) is 6.08 Å². The molecule has 3 aromatic rings. The molecule has 1 saturated heterocycles. The van der Waals surface area contributed by atoms with Crippen LogP contribution in [0.4, 0.5) is 5.69 Å². The maximum Gasteiger partial charge on any atom is 0.266 e. The molecule has 40 heavy (non-hydrogen) atoms. The second kappa shape index (κ2) is 12.0. The van der Waals surface area contributed by atoms with Gasteiger partial charge in [-0.2, -0.15) is 0 Å². The summed E-state index contributed by atoms with van der Waals surface area (Å²) < 4.78 is 22.9. The van der Waals surface area contributed by atoms with Gasteiger partial charge in [0.25, 0.3) is 11.8 Å². The number of nitrogens with zero attached hydrogens (tertiary/aromatic N) is 1. The number of carbonyl (C=O) groups is 2. The topological polar surface area (TPSA) is 86.3 Å². The van der Waals surface area contributed by atoms with Gasteiger partial charge in [0.05, 0.1) is 18.1 Å². The van der Waals surface area contributed by atoms with Gasteiger partial charge in [-0.15, -0.1) is 0 Å². The van der Waals surface area contributed by atoms with Crippen molar-refractivity contribution in [3.05, 3.63) is 81.8 Å². The number of amides is 2. The van der Waals surface area contributed by atoms with Crippen molar-refractivity contribution in [1.82, 2.24) is 4.90 Å². The first-order valence-corrected chi connectivity index (χ1v) is 13.9. The van der Waals surface area contributed by atoms with Crippen molar-refractivity contribution in [2.75, 3.05) is 25.3 Å². The summed E-state index contributed by atoms with van der Waals surface area (Å²) in [6.45, 7) is 6.51. The molecule has 3 aromatic carbocycles. The van der Waals surface area contributed by atoms with Crippen molar-refractivity contribution in [3.63, 3.8) is 0 Å². The Morgan fingerprint density at radius 3 is 2.60 bits per heavy atom. The van der Waals surface area contributed by atoms with Crippen LogP contribution in [-0.2, 0) is 16.1 Å². The van der Waals surface area contributed by atoms with Crippen LogP contribution in [0.3, 0.4) is 0 Å². The van der Waals surface area contributed by atoms with Crippen molar-refractivity contribution < 1.29 is 28.5 Å². The molecule has 2 aliphatic heterocycles. The quantitative estimate of drug-likeness (QED) is 0.251. The number of rotatable bonds is 9. The first kappa shape index (κ1) is 27.5. The highest BCUT2D eigenvalue weighted by Crippen LogP contribution is 2.37. The Morgan fingerprint density at radius 1 is 1.05 bits per heavy atom. The Hall–Kier alpha value is -4.02. The Labute approximate surface area is 242 Å². The van der Waals surface area contributed by atoms with Crippen LogP contribution in [0.5, 0.6) is 23.0 Å². The van der Waals surface area contributed by atoms with E-state index in [1.807, 2.05) is 63.2 Å². The van der Waals surface area contributed by atoms with Crippen LogP contribution < -0.4 is 24.3 Å². The second-order valence-electron chi connectivity index (χ2n) is 9.20. The molecule has 0 unspecified atom stereocenters. The smallest absolute Gasteiger partial charge is 0.266 e. The standard InChI is InChI=1S/C30H28N2O6S2/c1-4-35-24-12-20(8-10-22(24)36-16-27(33)31-28-18(2)6-5-7-19(28)3)14-26-29(34)32(30(39)40-26)15-21-9-11-23-25(13-21)38-17-37-23/h5-14H,4,15-17H2,1-3H3,(H,31,33)/b26-14-. The predicted octanol–water partition coefficient (Wildman–Crippen LogP) is 5.85. The Kier molecular flexibility index (Phi) is 8.27. The lowest BCUT2D eigenvalue weighted by Crippen LogP contribution is -2.27. The van der Waals surface area contributed by atoms with E-state index in [0.29, 0.717) is 45.4 Å². The highest BCUT2D eigenvalue weighted by atomic mass is 32.2. The van der Waals surface area contributed by atoms with Crippen LogP contribution in [0.1, 0.15) is 29.2 Å². The highest BCUT2D eigenvalue weighted by Gasteiger charge is 2.32. The summed E-state index contributed by atoms with van der Waals surface area (Å²) in [6, 6.07) is 16.8. The van der Waals surface area contributed by atoms with Gasteiger partial charge in [0.2, 0.25) is 6.79 Å². The Bertz CT molecular complexity index is 1500. The second-order valence-corrected chi connectivity index (χ2v) is 10.9. The third kappa shape index (κ3) is 6.08. The number of nitrogens with one attached hydrogen (secondary N) is 1. The summed E-state index contributed by atoms with van der Waals surface area (Å²) in [5.74, 6) is 1.82. The predicted molar refractivity (Wildman–Crippen MR) is 159 cm³/mol. The van der Waals surface area contributed by atoms with E-state index in [0.717, 1.165) is 27.9 Å². The Morgan fingerprint density at radius 2 is 1.82 bits per heavy atom. The summed E-state index contributed by atoms with van der Waals surface area (Å²) in [5, 5.41) is 2.92. The number of aryl methyl sites for hydroxylation is 2. The molecule has 2 amide bonds. The zero-order chi connectivity index (χ0) is 28.2. The van der Waals surface area contributed by atoms with E-state index in [9.17, 15) is 9.59 Å². The molecule has 2 heterocycles. The molecule has 5 rings (SSSR count). The van der Waals surface area contributed by atoms with Gasteiger partial charge in [0.1, 0.15) is 4.32 Å². The number of thiocarbonyl (C=S) groups is 1. The minimum absolute atomic E-state index is 0.172. The highest BCUT2D eigenvalue weighted by molar-refractivity contribution is 8.26. The number of carbonyl (C=O) groups excluding carboxylic acids is 2. The average Bonchev–Trinajstić information content (AvgIpc) is 3.50. The molecule has 1 N–H and O–H groups in total. The summed E-state index contributed by atoms with van der Waals surface area (Å²) in [7, 11) is 0. The van der Waals surface area contributed by atoms with Gasteiger partial charge < -0.3 is 24.3 Å². The van der Waals surface area contributed by atoms with E-state index in [4.69, 9.17) is 31.2 Å². The molecule has 0 aromatic heterocycles. The zero-order valence-corrected chi connectivity index (χ0v) is 23.9. The van der Waals surface area contributed by atoms with E-state index >= 15 is 0 Å². The summed E-state index contributed by atoms with van der Waals surface area (Å²) in [4.78, 5) is 27.9. The molecule has 0 atom stereocenters. The van der Waals surface area contributed by atoms with Gasteiger partial charge in [-0.3, -0.25) is 14.5 Å². The van der Waals surface area contributed by atoms with Crippen molar-refractivity contribution in [3.8, 4) is 23.0 Å². The number of thioether (sulfide) groups is 1. The van der Waals surface area contributed by atoms with Crippen LogP contribution in [0, 0.1) is 13.8 Å². The van der Waals surface area contributed by atoms with Crippen molar-refractivity contribution in [2.45, 2.75) is 27.3 Å². The maximum absolute atomic E-state index is 13.2. The average molecular weight is 577 g/mol. The lowest BCUT2D eigenvalue weighted by atomic mass is 10.1. The molecule has 0 radical (unpaired) electrons. The van der Waals surface area contributed by atoms with Crippen molar-refractivity contribution >= 4 is 51.9 Å². The first-order valence-electron chi connectivity index (χ1n) is 12.7. The fourth-order valence-corrected chi connectivity index (χ4v) is 5.60. The van der Waals surface area contributed by atoms with Crippen molar-refractivity contribution in [1.29, 1.82) is 0 Å². The molecule has 1 fully saturated rings. The largest absolute Gasteiger partial charge is 0.490 e. The van der Waals surface area contributed by atoms with Crippen LogP contribution >= 0.6 is 24.0 Å². The summed E-state index contributed by atoms with van der Waals surface area (Å²) in [5.41, 5.74) is 4.39. The molecular formula is C30H28N2O6S2. The van der Waals surface area contributed by atoms with E-state index in [2.05, 4.69) is 5.32 Å². The maximum atomic E-state index is 13.2. The molecule has 0 saturated carbocycles. The molecule has 8 nitrogen and oxygen atoms in total. The molecule has 2 aliphatic rings. The lowest BCUT2D eigenvalue weighted by Gasteiger charge is -2.15.